The Balaban J connectivity index is 0.000000289. The highest BCUT2D eigenvalue weighted by atomic mass is 16.3. The molecule has 0 spiro atoms. The Morgan fingerprint density at radius 1 is 0.833 bits per heavy atom. The molecule has 0 aliphatic carbocycles. The van der Waals surface area contributed by atoms with Crippen molar-refractivity contribution in [2.75, 3.05) is 0 Å². The molecule has 0 aliphatic rings. The monoisotopic (exact) mass is 244 g/mol. The third kappa shape index (κ3) is 6.48. The van der Waals surface area contributed by atoms with Gasteiger partial charge in [0.05, 0.1) is 0 Å². The zero-order valence-electron chi connectivity index (χ0n) is 11.2. The molecular formula is C16H20O2. The number of rotatable bonds is 0. The predicted molar refractivity (Wildman–Crippen MR) is 75.9 cm³/mol. The molecule has 0 aromatic heterocycles. The van der Waals surface area contributed by atoms with Crippen molar-refractivity contribution in [3.8, 4) is 5.75 Å². The number of phenolic OH excluding ortho intramolecular Hbond substituents is 1. The molecule has 2 heteroatoms. The summed E-state index contributed by atoms with van der Waals surface area (Å²) in [5.74, 6) is 0.384. The number of aromatic hydroxyl groups is 1. The van der Waals surface area contributed by atoms with Crippen LogP contribution in [-0.2, 0) is 4.79 Å². The number of carbonyl (C=O) groups excluding carboxylic acids is 1. The quantitative estimate of drug-likeness (QED) is 0.765. The maximum atomic E-state index is 9.10. The molecule has 0 heterocycles. The molecule has 0 saturated carbocycles. The lowest BCUT2D eigenvalue weighted by molar-refractivity contribution is -0.0979. The lowest BCUT2D eigenvalue weighted by Crippen LogP contribution is -1.74. The topological polar surface area (TPSA) is 37.3 Å². The van der Waals surface area contributed by atoms with E-state index in [2.05, 4.69) is 19.1 Å². The molecule has 0 amide bonds. The summed E-state index contributed by atoms with van der Waals surface area (Å²) in [6, 6.07) is 15.9. The van der Waals surface area contributed by atoms with Crippen LogP contribution < -0.4 is 0 Å². The third-order valence-corrected chi connectivity index (χ3v) is 2.31. The van der Waals surface area contributed by atoms with Gasteiger partial charge in [-0.1, -0.05) is 48.0 Å². The highest BCUT2D eigenvalue weighted by Gasteiger charge is 1.91. The van der Waals surface area contributed by atoms with Crippen molar-refractivity contribution < 1.29 is 9.90 Å². The number of aryl methyl sites for hydroxylation is 3. The summed E-state index contributed by atoms with van der Waals surface area (Å²) < 4.78 is 0. The zero-order valence-corrected chi connectivity index (χ0v) is 11.2. The minimum Gasteiger partial charge on any atom is -0.508 e. The van der Waals surface area contributed by atoms with E-state index in [4.69, 9.17) is 9.90 Å². The van der Waals surface area contributed by atoms with Gasteiger partial charge in [0, 0.05) is 0 Å². The van der Waals surface area contributed by atoms with E-state index in [1.807, 2.05) is 51.0 Å². The van der Waals surface area contributed by atoms with Crippen molar-refractivity contribution in [1.29, 1.82) is 0 Å². The Hall–Kier alpha value is -2.09. The molecular weight excluding hydrogens is 224 g/mol. The first-order valence-corrected chi connectivity index (χ1v) is 5.66. The van der Waals surface area contributed by atoms with Gasteiger partial charge in [-0.2, -0.15) is 0 Å². The molecule has 2 aromatic rings. The smallest absolute Gasteiger partial charge is 0.118 e. The fourth-order valence-electron chi connectivity index (χ4n) is 1.25. The van der Waals surface area contributed by atoms with Gasteiger partial charge in [-0.15, -0.1) is 0 Å². The molecule has 96 valence electrons. The van der Waals surface area contributed by atoms with E-state index in [-0.39, 0.29) is 0 Å². The number of carbonyl (C=O) groups is 1. The van der Waals surface area contributed by atoms with Crippen LogP contribution in [-0.4, -0.2) is 11.9 Å². The number of hydrogen-bond acceptors (Lipinski definition) is 2. The molecule has 0 bridgehead atoms. The first-order valence-electron chi connectivity index (χ1n) is 5.66. The standard InChI is InChI=1S/C8H10O.C7H8.CH2O/c1-6-3-4-7(2)8(9)5-6;1-7-5-3-2-4-6-7;1-2/h3-5,9H,1-2H3;2-6H,1H3;1H2. The van der Waals surface area contributed by atoms with Gasteiger partial charge < -0.3 is 9.90 Å². The van der Waals surface area contributed by atoms with Crippen molar-refractivity contribution in [2.45, 2.75) is 20.8 Å². The first-order chi connectivity index (χ1) is 8.59. The van der Waals surface area contributed by atoms with Crippen LogP contribution in [0.3, 0.4) is 0 Å². The molecule has 0 fully saturated rings. The molecule has 18 heavy (non-hydrogen) atoms. The third-order valence-electron chi connectivity index (χ3n) is 2.31. The summed E-state index contributed by atoms with van der Waals surface area (Å²) >= 11 is 0. The first kappa shape index (κ1) is 15.9. The summed E-state index contributed by atoms with van der Waals surface area (Å²) in [6.45, 7) is 7.92. The molecule has 1 N–H and O–H groups in total. The average Bonchev–Trinajstić information content (AvgIpc) is 2.38. The number of hydrogen-bond donors (Lipinski definition) is 1. The highest BCUT2D eigenvalue weighted by molar-refractivity contribution is 5.34. The van der Waals surface area contributed by atoms with Crippen molar-refractivity contribution >= 4 is 6.79 Å². The Bertz CT molecular complexity index is 450. The molecule has 0 atom stereocenters. The normalized spacial score (nSPS) is 8.39. The predicted octanol–water partition coefficient (Wildman–Crippen LogP) is 3.82. The van der Waals surface area contributed by atoms with E-state index in [1.165, 1.54) is 5.56 Å². The van der Waals surface area contributed by atoms with Crippen LogP contribution >= 0.6 is 0 Å². The second-order valence-corrected chi connectivity index (χ2v) is 3.94. The molecule has 0 saturated heterocycles. The maximum Gasteiger partial charge on any atom is 0.118 e. The van der Waals surface area contributed by atoms with Crippen molar-refractivity contribution in [1.82, 2.24) is 0 Å². The fraction of sp³-hybridized carbons (Fsp3) is 0.188. The van der Waals surface area contributed by atoms with E-state index >= 15 is 0 Å². The largest absolute Gasteiger partial charge is 0.508 e. The highest BCUT2D eigenvalue weighted by Crippen LogP contribution is 2.15. The van der Waals surface area contributed by atoms with Gasteiger partial charge in [-0.3, -0.25) is 0 Å². The van der Waals surface area contributed by atoms with E-state index in [0.29, 0.717) is 5.75 Å². The van der Waals surface area contributed by atoms with Gasteiger partial charge in [0.1, 0.15) is 12.5 Å². The minimum atomic E-state index is 0.384. The Kier molecular flexibility index (Phi) is 7.95. The van der Waals surface area contributed by atoms with Gasteiger partial charge in [0.15, 0.2) is 0 Å². The van der Waals surface area contributed by atoms with Gasteiger partial charge in [-0.25, -0.2) is 0 Å². The summed E-state index contributed by atoms with van der Waals surface area (Å²) in [7, 11) is 0. The van der Waals surface area contributed by atoms with E-state index in [1.54, 1.807) is 6.07 Å². The number of phenols is 1. The van der Waals surface area contributed by atoms with E-state index in [9.17, 15) is 0 Å². The fourth-order valence-corrected chi connectivity index (χ4v) is 1.25. The minimum absolute atomic E-state index is 0.384. The van der Waals surface area contributed by atoms with Crippen molar-refractivity contribution in [2.24, 2.45) is 0 Å². The SMILES string of the molecule is C=O.Cc1ccc(C)c(O)c1.Cc1ccccc1. The molecule has 2 aromatic carbocycles. The second-order valence-electron chi connectivity index (χ2n) is 3.94. The van der Waals surface area contributed by atoms with Crippen LogP contribution in [0.5, 0.6) is 5.75 Å². The van der Waals surface area contributed by atoms with Gasteiger partial charge >= 0.3 is 0 Å². The number of benzene rings is 2. The van der Waals surface area contributed by atoms with Gasteiger partial charge in [0.2, 0.25) is 0 Å². The van der Waals surface area contributed by atoms with Gasteiger partial charge in [0.25, 0.3) is 0 Å². The van der Waals surface area contributed by atoms with Crippen LogP contribution in [0.25, 0.3) is 0 Å². The molecule has 0 radical (unpaired) electrons. The van der Waals surface area contributed by atoms with Crippen LogP contribution in [0.4, 0.5) is 0 Å². The van der Waals surface area contributed by atoms with Crippen LogP contribution in [0.15, 0.2) is 48.5 Å². The Labute approximate surface area is 109 Å². The maximum absolute atomic E-state index is 9.10. The average molecular weight is 244 g/mol. The Morgan fingerprint density at radius 3 is 1.72 bits per heavy atom. The van der Waals surface area contributed by atoms with Crippen LogP contribution in [0.1, 0.15) is 16.7 Å². The van der Waals surface area contributed by atoms with Gasteiger partial charge in [-0.05, 0) is 38.0 Å². The summed E-state index contributed by atoms with van der Waals surface area (Å²) in [4.78, 5) is 8.00. The van der Waals surface area contributed by atoms with E-state index in [0.717, 1.165) is 11.1 Å². The van der Waals surface area contributed by atoms with E-state index < -0.39 is 0 Å². The van der Waals surface area contributed by atoms with Crippen LogP contribution in [0.2, 0.25) is 0 Å². The molecule has 0 unspecified atom stereocenters. The second kappa shape index (κ2) is 8.99. The lowest BCUT2D eigenvalue weighted by atomic mass is 10.1. The summed E-state index contributed by atoms with van der Waals surface area (Å²) in [5.41, 5.74) is 3.35. The summed E-state index contributed by atoms with van der Waals surface area (Å²) in [6.07, 6.45) is 0. The Morgan fingerprint density at radius 2 is 1.39 bits per heavy atom. The van der Waals surface area contributed by atoms with Crippen molar-refractivity contribution in [3.63, 3.8) is 0 Å². The molecule has 2 rings (SSSR count). The van der Waals surface area contributed by atoms with Crippen molar-refractivity contribution in [3.05, 3.63) is 65.2 Å². The summed E-state index contributed by atoms with van der Waals surface area (Å²) in [5, 5.41) is 9.10. The molecule has 0 aliphatic heterocycles. The lowest BCUT2D eigenvalue weighted by Gasteiger charge is -1.97. The zero-order chi connectivity index (χ0) is 14.0. The van der Waals surface area contributed by atoms with Crippen LogP contribution in [0, 0.1) is 20.8 Å². The molecule has 2 nitrogen and oxygen atoms in total.